The van der Waals surface area contributed by atoms with Gasteiger partial charge in [-0.2, -0.15) is 7.82 Å². The number of hydrogen-bond donors (Lipinski definition) is 0. The molecule has 0 N–H and O–H groups in total. The van der Waals surface area contributed by atoms with Gasteiger partial charge in [-0.1, -0.05) is 0 Å². The van der Waals surface area contributed by atoms with Crippen molar-refractivity contribution in [1.82, 2.24) is 0 Å². The summed E-state index contributed by atoms with van der Waals surface area (Å²) in [5.74, 6) is 0. The molecule has 0 aliphatic carbocycles. The van der Waals surface area contributed by atoms with Crippen molar-refractivity contribution in [1.29, 1.82) is 0 Å². The summed E-state index contributed by atoms with van der Waals surface area (Å²) in [6.07, 6.45) is 0. The average molecular weight is 347 g/mol. The van der Waals surface area contributed by atoms with Crippen LogP contribution in [0.1, 0.15) is 0 Å². The van der Waals surface area contributed by atoms with Crippen LogP contribution in [0.4, 0.5) is 0 Å². The zero-order chi connectivity index (χ0) is 4.50. The molecule has 4 nitrogen and oxygen atoms in total. The molecule has 0 aliphatic rings. The third-order valence-corrected chi connectivity index (χ3v) is 0. The zero-order valence-electron chi connectivity index (χ0n) is 3.36. The van der Waals surface area contributed by atoms with Gasteiger partial charge < -0.3 is 19.2 Å². The van der Waals surface area contributed by atoms with Crippen molar-refractivity contribution in [2.24, 2.45) is 0 Å². The zero-order valence-corrected chi connectivity index (χ0v) is 12.0. The van der Waals surface area contributed by atoms with Crippen molar-refractivity contribution in [3.05, 3.63) is 0 Å². The molecule has 0 aromatic carbocycles. The predicted octanol–water partition coefficient (Wildman–Crippen LogP) is -3.59. The summed E-state index contributed by atoms with van der Waals surface area (Å²) in [6, 6.07) is 0. The van der Waals surface area contributed by atoms with Crippen LogP contribution in [0, 0.1) is 0 Å². The van der Waals surface area contributed by atoms with Crippen molar-refractivity contribution in [2.45, 2.75) is 0 Å². The third kappa shape index (κ3) is 56.4. The fourth-order valence-corrected chi connectivity index (χ4v) is 0. The Kier molecular flexibility index (Phi) is 15.5. The summed E-state index contributed by atoms with van der Waals surface area (Å²) in [7, 11) is -5.39. The first-order chi connectivity index (χ1) is 2.00. The second kappa shape index (κ2) is 6.67. The Labute approximate surface area is 99.8 Å². The summed E-state index contributed by atoms with van der Waals surface area (Å²) in [6.45, 7) is 0. The second-order valence-electron chi connectivity index (χ2n) is 0.447. The van der Waals surface area contributed by atoms with Gasteiger partial charge in [0.15, 0.2) is 0 Å². The summed E-state index contributed by atoms with van der Waals surface area (Å²) in [4.78, 5) is 25.6. The molecule has 32 valence electrons. The molecule has 0 aromatic rings. The number of rotatable bonds is 0. The summed E-state index contributed by atoms with van der Waals surface area (Å²) >= 11 is 0. The fourth-order valence-electron chi connectivity index (χ4n) is 0. The molecule has 0 radical (unpaired) electrons. The van der Waals surface area contributed by atoms with Gasteiger partial charge in [0.25, 0.3) is 0 Å². The van der Waals surface area contributed by atoms with Crippen molar-refractivity contribution in [3.63, 3.8) is 0 Å². The van der Waals surface area contributed by atoms with Crippen molar-refractivity contribution < 1.29 is 19.2 Å². The molecule has 0 atom stereocenters. The Balaban J connectivity index is -0.0000000800. The van der Waals surface area contributed by atoms with E-state index in [0.717, 1.165) is 0 Å². The number of hydrogen-bond acceptors (Lipinski definition) is 4. The normalized spacial score (nSPS) is 8.43. The van der Waals surface area contributed by atoms with Crippen LogP contribution in [0.15, 0.2) is 0 Å². The van der Waals surface area contributed by atoms with Crippen LogP contribution in [-0.4, -0.2) is 74.7 Å². The first-order valence-corrected chi connectivity index (χ1v) is 2.19. The van der Waals surface area contributed by atoms with Gasteiger partial charge in [0.2, 0.25) is 0 Å². The largest absolute Gasteiger partial charge is 3.00 e. The first-order valence-electron chi connectivity index (χ1n) is 0.730. The summed E-state index contributed by atoms with van der Waals surface area (Å²) in [5, 5.41) is 0. The molecule has 0 rings (SSSR count). The van der Waals surface area contributed by atoms with Gasteiger partial charge in [0, 0.05) is 0 Å². The predicted molar refractivity (Wildman–Crippen MR) is 19.1 cm³/mol. The van der Waals surface area contributed by atoms with Crippen LogP contribution >= 0.6 is 7.82 Å². The molecule has 0 saturated heterocycles. The Morgan fingerprint density at radius 1 is 1.14 bits per heavy atom. The molecule has 7 heavy (non-hydrogen) atoms. The monoisotopic (exact) mass is 348 g/mol. The van der Waals surface area contributed by atoms with Crippen LogP contribution in [0.25, 0.3) is 0 Å². The van der Waals surface area contributed by atoms with Gasteiger partial charge in [-0.15, -0.1) is 0 Å². The van der Waals surface area contributed by atoms with Crippen LogP contribution in [0.5, 0.6) is 0 Å². The van der Waals surface area contributed by atoms with E-state index in [1.54, 1.807) is 0 Å². The van der Waals surface area contributed by atoms with E-state index in [4.69, 9.17) is 19.2 Å². The molecule has 0 aromatic heterocycles. The molecular formula is BaInO4P+2. The molecule has 0 heterocycles. The van der Waals surface area contributed by atoms with Gasteiger partial charge >= 0.3 is 74.7 Å². The standard InChI is InChI=1S/Ba.In.H3O4P/c;;1-5(2,3)4/h;;(H3,1,2,3,4)/q+2;+3;/p-3. The van der Waals surface area contributed by atoms with E-state index in [9.17, 15) is 0 Å². The maximum Gasteiger partial charge on any atom is 3.00 e. The Bertz CT molecular complexity index is 57.8. The van der Waals surface area contributed by atoms with Gasteiger partial charge in [-0.3, -0.25) is 0 Å². The Hall–Kier alpha value is 2.55. The molecule has 0 unspecified atom stereocenters. The van der Waals surface area contributed by atoms with E-state index in [-0.39, 0.29) is 74.7 Å². The quantitative estimate of drug-likeness (QED) is 0.335. The minimum Gasteiger partial charge on any atom is -0.822 e. The second-order valence-corrected chi connectivity index (χ2v) is 1.34. The van der Waals surface area contributed by atoms with Gasteiger partial charge in [-0.25, -0.2) is 0 Å². The Morgan fingerprint density at radius 3 is 1.14 bits per heavy atom. The van der Waals surface area contributed by atoms with Crippen LogP contribution in [-0.2, 0) is 4.57 Å². The molecule has 0 amide bonds. The maximum absolute atomic E-state index is 8.55. The molecular weight excluding hydrogens is 347 g/mol. The van der Waals surface area contributed by atoms with E-state index in [2.05, 4.69) is 0 Å². The topological polar surface area (TPSA) is 86.2 Å². The SMILES string of the molecule is O=P([O-])([O-])[O-].[Ba+2].[In+3]. The van der Waals surface area contributed by atoms with Crippen LogP contribution in [0.2, 0.25) is 0 Å². The smallest absolute Gasteiger partial charge is 0.822 e. The van der Waals surface area contributed by atoms with E-state index < -0.39 is 7.82 Å². The molecule has 7 heteroatoms. The first kappa shape index (κ1) is 16.3. The molecule has 0 saturated carbocycles. The number of phosphoric acid groups is 1. The van der Waals surface area contributed by atoms with E-state index >= 15 is 0 Å². The van der Waals surface area contributed by atoms with Crippen molar-refractivity contribution in [3.8, 4) is 0 Å². The molecule has 0 spiro atoms. The van der Waals surface area contributed by atoms with Gasteiger partial charge in [0.1, 0.15) is 0 Å². The molecule has 0 aliphatic heterocycles. The average Bonchev–Trinajstić information content (AvgIpc) is 0.722. The van der Waals surface area contributed by atoms with Crippen molar-refractivity contribution in [2.75, 3.05) is 0 Å². The van der Waals surface area contributed by atoms with Crippen LogP contribution < -0.4 is 14.7 Å². The van der Waals surface area contributed by atoms with Crippen molar-refractivity contribution >= 4 is 82.5 Å². The molecule has 0 fully saturated rings. The minimum absolute atomic E-state index is 0. The Morgan fingerprint density at radius 2 is 1.14 bits per heavy atom. The molecule has 0 bridgehead atoms. The van der Waals surface area contributed by atoms with Gasteiger partial charge in [-0.05, 0) is 0 Å². The van der Waals surface area contributed by atoms with E-state index in [1.807, 2.05) is 0 Å². The summed E-state index contributed by atoms with van der Waals surface area (Å²) in [5.41, 5.74) is 0. The van der Waals surface area contributed by atoms with E-state index in [1.165, 1.54) is 0 Å². The fraction of sp³-hybridized carbons (Fsp3) is 0. The minimum atomic E-state index is -5.39. The van der Waals surface area contributed by atoms with E-state index in [0.29, 0.717) is 0 Å². The van der Waals surface area contributed by atoms with Crippen LogP contribution in [0.3, 0.4) is 0 Å². The van der Waals surface area contributed by atoms with Gasteiger partial charge in [0.05, 0.1) is 0 Å². The summed E-state index contributed by atoms with van der Waals surface area (Å²) < 4.78 is 8.55. The maximum atomic E-state index is 8.55. The third-order valence-electron chi connectivity index (χ3n) is 0.